The Morgan fingerprint density at radius 3 is 2.30 bits per heavy atom. The molecule has 1 saturated heterocycles. The molecule has 152 valence electrons. The zero-order valence-corrected chi connectivity index (χ0v) is 17.4. The number of ketones is 1. The van der Waals surface area contributed by atoms with Gasteiger partial charge in [-0.25, -0.2) is 9.97 Å². The van der Waals surface area contributed by atoms with Crippen LogP contribution < -0.4 is 9.80 Å². The lowest BCUT2D eigenvalue weighted by Crippen LogP contribution is -2.47. The number of piperazine rings is 1. The van der Waals surface area contributed by atoms with E-state index in [0.717, 1.165) is 49.8 Å². The van der Waals surface area contributed by atoms with E-state index in [9.17, 15) is 4.79 Å². The molecule has 0 N–H and O–H groups in total. The maximum absolute atomic E-state index is 12.7. The largest absolute Gasteiger partial charge is 0.368 e. The molecule has 1 fully saturated rings. The van der Waals surface area contributed by atoms with Crippen LogP contribution in [0.2, 0.25) is 5.02 Å². The third-order valence-corrected chi connectivity index (χ3v) is 6.30. The van der Waals surface area contributed by atoms with E-state index in [1.807, 2.05) is 30.3 Å². The predicted octanol–water partition coefficient (Wildman–Crippen LogP) is 4.37. The zero-order chi connectivity index (χ0) is 20.5. The third-order valence-electron chi connectivity index (χ3n) is 6.05. The van der Waals surface area contributed by atoms with Gasteiger partial charge in [-0.1, -0.05) is 41.9 Å². The zero-order valence-electron chi connectivity index (χ0n) is 16.7. The molecule has 6 heteroatoms. The minimum absolute atomic E-state index is 0.122. The van der Waals surface area contributed by atoms with Crippen molar-refractivity contribution in [3.05, 3.63) is 82.6 Å². The number of halogens is 1. The Morgan fingerprint density at radius 1 is 0.867 bits per heavy atom. The smallest absolute Gasteiger partial charge is 0.225 e. The molecule has 0 unspecified atom stereocenters. The monoisotopic (exact) mass is 418 g/mol. The van der Waals surface area contributed by atoms with Gasteiger partial charge in [-0.2, -0.15) is 0 Å². The summed E-state index contributed by atoms with van der Waals surface area (Å²) in [6, 6.07) is 18.3. The molecule has 2 heterocycles. The van der Waals surface area contributed by atoms with E-state index in [1.54, 1.807) is 6.20 Å². The number of benzene rings is 2. The summed E-state index contributed by atoms with van der Waals surface area (Å²) in [7, 11) is 0. The molecule has 0 amide bonds. The number of carbonyl (C=O) groups is 1. The first-order chi connectivity index (χ1) is 14.7. The second kappa shape index (κ2) is 8.07. The standard InChI is InChI=1S/C24H23ClN4O/c25-19-8-6-17(7-9-19)18-14-22-21(23(30)15-18)16-26-24(27-22)29-12-10-28(11-13-29)20-4-2-1-3-5-20/h1-9,16,18H,10-15H2/t18-/m0/s1. The van der Waals surface area contributed by atoms with Crippen LogP contribution in [0.1, 0.15) is 34.0 Å². The van der Waals surface area contributed by atoms with Crippen LogP contribution in [-0.2, 0) is 6.42 Å². The van der Waals surface area contributed by atoms with Crippen LogP contribution >= 0.6 is 11.6 Å². The minimum atomic E-state index is 0.122. The number of para-hydroxylation sites is 1. The summed E-state index contributed by atoms with van der Waals surface area (Å²) < 4.78 is 0. The number of hydrogen-bond acceptors (Lipinski definition) is 5. The van der Waals surface area contributed by atoms with Crippen molar-refractivity contribution >= 4 is 29.0 Å². The topological polar surface area (TPSA) is 49.3 Å². The van der Waals surface area contributed by atoms with Gasteiger partial charge >= 0.3 is 0 Å². The Morgan fingerprint density at radius 2 is 1.57 bits per heavy atom. The highest BCUT2D eigenvalue weighted by molar-refractivity contribution is 6.30. The number of fused-ring (bicyclic) bond motifs is 1. The minimum Gasteiger partial charge on any atom is -0.368 e. The van der Waals surface area contributed by atoms with Gasteiger partial charge in [0.15, 0.2) is 5.78 Å². The summed E-state index contributed by atoms with van der Waals surface area (Å²) in [6.45, 7) is 3.58. The van der Waals surface area contributed by atoms with Crippen molar-refractivity contribution in [1.82, 2.24) is 9.97 Å². The fraction of sp³-hybridized carbons (Fsp3) is 0.292. The van der Waals surface area contributed by atoms with Crippen molar-refractivity contribution in [2.75, 3.05) is 36.0 Å². The van der Waals surface area contributed by atoms with Crippen LogP contribution in [0, 0.1) is 0 Å². The molecule has 1 atom stereocenters. The molecule has 0 radical (unpaired) electrons. The average Bonchev–Trinajstić information content (AvgIpc) is 2.80. The number of nitrogens with zero attached hydrogens (tertiary/aromatic N) is 4. The molecule has 5 rings (SSSR count). The first-order valence-corrected chi connectivity index (χ1v) is 10.7. The molecule has 2 aliphatic rings. The van der Waals surface area contributed by atoms with Crippen LogP contribution in [0.4, 0.5) is 11.6 Å². The van der Waals surface area contributed by atoms with Crippen LogP contribution in [0.5, 0.6) is 0 Å². The second-order valence-corrected chi connectivity index (χ2v) is 8.36. The van der Waals surface area contributed by atoms with E-state index in [2.05, 4.69) is 39.0 Å². The molecule has 0 spiro atoms. The van der Waals surface area contributed by atoms with Crippen LogP contribution in [0.3, 0.4) is 0 Å². The number of rotatable bonds is 3. The summed E-state index contributed by atoms with van der Waals surface area (Å²) in [5, 5.41) is 0.709. The van der Waals surface area contributed by atoms with Gasteiger partial charge in [0, 0.05) is 49.5 Å². The molecule has 2 aromatic carbocycles. The van der Waals surface area contributed by atoms with E-state index < -0.39 is 0 Å². The van der Waals surface area contributed by atoms with Crippen molar-refractivity contribution < 1.29 is 4.79 Å². The van der Waals surface area contributed by atoms with Gasteiger partial charge < -0.3 is 9.80 Å². The Hall–Kier alpha value is -2.92. The molecular formula is C24H23ClN4O. The Kier molecular flexibility index (Phi) is 5.13. The molecule has 0 saturated carbocycles. The maximum atomic E-state index is 12.7. The van der Waals surface area contributed by atoms with E-state index in [4.69, 9.17) is 16.6 Å². The number of carbonyl (C=O) groups excluding carboxylic acids is 1. The van der Waals surface area contributed by atoms with Gasteiger partial charge in [-0.05, 0) is 42.2 Å². The number of hydrogen-bond donors (Lipinski definition) is 0. The van der Waals surface area contributed by atoms with Gasteiger partial charge in [-0.3, -0.25) is 4.79 Å². The van der Waals surface area contributed by atoms with Gasteiger partial charge in [0.2, 0.25) is 5.95 Å². The second-order valence-electron chi connectivity index (χ2n) is 7.92. The molecule has 5 nitrogen and oxygen atoms in total. The van der Waals surface area contributed by atoms with Gasteiger partial charge in [0.1, 0.15) is 0 Å². The van der Waals surface area contributed by atoms with Crippen molar-refractivity contribution in [2.45, 2.75) is 18.8 Å². The predicted molar refractivity (Wildman–Crippen MR) is 120 cm³/mol. The number of Topliss-reactive ketones (excluding diaryl/α,β-unsaturated/α-hetero) is 1. The lowest BCUT2D eigenvalue weighted by molar-refractivity contribution is 0.0962. The normalized spacial score (nSPS) is 19.0. The Labute approximate surface area is 181 Å². The summed E-state index contributed by atoms with van der Waals surface area (Å²) in [6.07, 6.45) is 2.97. The lowest BCUT2D eigenvalue weighted by Gasteiger charge is -2.36. The fourth-order valence-electron chi connectivity index (χ4n) is 4.36. The third kappa shape index (κ3) is 3.77. The number of anilines is 2. The SMILES string of the molecule is O=C1C[C@@H](c2ccc(Cl)cc2)Cc2nc(N3CCN(c4ccccc4)CC3)ncc21. The lowest BCUT2D eigenvalue weighted by atomic mass is 9.82. The van der Waals surface area contributed by atoms with E-state index in [1.165, 1.54) is 5.69 Å². The van der Waals surface area contributed by atoms with E-state index in [0.29, 0.717) is 17.0 Å². The maximum Gasteiger partial charge on any atom is 0.225 e. The molecule has 0 bridgehead atoms. The molecule has 1 aromatic heterocycles. The first kappa shape index (κ1) is 19.1. The molecule has 1 aliphatic carbocycles. The molecule has 30 heavy (non-hydrogen) atoms. The Bertz CT molecular complexity index is 1050. The van der Waals surface area contributed by atoms with Crippen molar-refractivity contribution in [3.63, 3.8) is 0 Å². The van der Waals surface area contributed by atoms with Crippen molar-refractivity contribution in [2.24, 2.45) is 0 Å². The summed E-state index contributed by atoms with van der Waals surface area (Å²) in [5.74, 6) is 0.989. The quantitative estimate of drug-likeness (QED) is 0.632. The first-order valence-electron chi connectivity index (χ1n) is 10.4. The van der Waals surface area contributed by atoms with Gasteiger partial charge in [-0.15, -0.1) is 0 Å². The Balaban J connectivity index is 1.32. The highest BCUT2D eigenvalue weighted by Gasteiger charge is 2.29. The highest BCUT2D eigenvalue weighted by atomic mass is 35.5. The van der Waals surface area contributed by atoms with Crippen LogP contribution in [-0.4, -0.2) is 41.9 Å². The van der Waals surface area contributed by atoms with E-state index >= 15 is 0 Å². The van der Waals surface area contributed by atoms with E-state index in [-0.39, 0.29) is 11.7 Å². The van der Waals surface area contributed by atoms with Crippen molar-refractivity contribution in [3.8, 4) is 0 Å². The summed E-state index contributed by atoms with van der Waals surface area (Å²) in [5.41, 5.74) is 3.92. The summed E-state index contributed by atoms with van der Waals surface area (Å²) >= 11 is 6.02. The van der Waals surface area contributed by atoms with Gasteiger partial charge in [0.05, 0.1) is 11.3 Å². The van der Waals surface area contributed by atoms with Crippen LogP contribution in [0.25, 0.3) is 0 Å². The molecule has 1 aliphatic heterocycles. The summed E-state index contributed by atoms with van der Waals surface area (Å²) in [4.78, 5) is 26.7. The van der Waals surface area contributed by atoms with Gasteiger partial charge in [0.25, 0.3) is 0 Å². The highest BCUT2D eigenvalue weighted by Crippen LogP contribution is 2.33. The fourth-order valence-corrected chi connectivity index (χ4v) is 4.49. The van der Waals surface area contributed by atoms with Crippen molar-refractivity contribution in [1.29, 1.82) is 0 Å². The average molecular weight is 419 g/mol. The molecule has 3 aromatic rings. The molecular weight excluding hydrogens is 396 g/mol. The number of aromatic nitrogens is 2. The van der Waals surface area contributed by atoms with Crippen LogP contribution in [0.15, 0.2) is 60.8 Å².